The van der Waals surface area contributed by atoms with Gasteiger partial charge in [-0.05, 0) is 29.9 Å². The molecule has 0 N–H and O–H groups in total. The topological polar surface area (TPSA) is 97.1 Å². The molecule has 2 aliphatic rings. The van der Waals surface area contributed by atoms with E-state index in [4.69, 9.17) is 9.15 Å². The summed E-state index contributed by atoms with van der Waals surface area (Å²) in [6, 6.07) is 9.80. The zero-order valence-electron chi connectivity index (χ0n) is 18.2. The van der Waals surface area contributed by atoms with E-state index >= 15 is 0 Å². The largest absolute Gasteiger partial charge is 0.486 e. The molecule has 0 radical (unpaired) electrons. The summed E-state index contributed by atoms with van der Waals surface area (Å²) in [5.41, 5.74) is 2.40. The van der Waals surface area contributed by atoms with Gasteiger partial charge in [-0.2, -0.15) is 0 Å². The van der Waals surface area contributed by atoms with Gasteiger partial charge in [0.2, 0.25) is 17.1 Å². The van der Waals surface area contributed by atoms with Crippen LogP contribution in [-0.4, -0.2) is 55.8 Å². The third-order valence-electron chi connectivity index (χ3n) is 5.97. The number of nitrogens with zero attached hydrogens (tertiary/aromatic N) is 2. The van der Waals surface area contributed by atoms with Gasteiger partial charge in [0.15, 0.2) is 9.84 Å². The van der Waals surface area contributed by atoms with Gasteiger partial charge in [0.1, 0.15) is 17.8 Å². The molecule has 0 bridgehead atoms. The normalized spacial score (nSPS) is 17.3. The molecule has 172 valence electrons. The molecular weight excluding hydrogens is 432 g/mol. The zero-order valence-corrected chi connectivity index (χ0v) is 19.0. The Morgan fingerprint density at radius 2 is 1.81 bits per heavy atom. The van der Waals surface area contributed by atoms with Gasteiger partial charge in [-0.15, -0.1) is 0 Å². The highest BCUT2D eigenvalue weighted by molar-refractivity contribution is 7.91. The maximum Gasteiger partial charge on any atom is 0.237 e. The van der Waals surface area contributed by atoms with Gasteiger partial charge >= 0.3 is 0 Å². The number of ether oxygens (including phenoxy) is 1. The molecule has 0 aliphatic carbocycles. The summed E-state index contributed by atoms with van der Waals surface area (Å²) >= 11 is 0. The van der Waals surface area contributed by atoms with Crippen LogP contribution in [0.15, 0.2) is 45.8 Å². The number of rotatable bonds is 7. The van der Waals surface area contributed by atoms with Crippen molar-refractivity contribution >= 4 is 15.7 Å². The molecule has 0 atom stereocenters. The Morgan fingerprint density at radius 1 is 1.16 bits per heavy atom. The molecule has 1 aromatic carbocycles. The highest BCUT2D eigenvalue weighted by atomic mass is 32.2. The Labute approximate surface area is 187 Å². The molecule has 32 heavy (non-hydrogen) atoms. The molecule has 2 aromatic rings. The van der Waals surface area contributed by atoms with Crippen molar-refractivity contribution < 1.29 is 22.4 Å². The van der Waals surface area contributed by atoms with Crippen LogP contribution in [0.5, 0.6) is 5.75 Å². The number of amides is 1. The van der Waals surface area contributed by atoms with Crippen LogP contribution in [0.1, 0.15) is 29.7 Å². The molecule has 3 heterocycles. The van der Waals surface area contributed by atoms with Crippen LogP contribution >= 0.6 is 0 Å². The minimum absolute atomic E-state index is 0.189. The number of hydrogen-bond donors (Lipinski definition) is 0. The van der Waals surface area contributed by atoms with Crippen LogP contribution in [0.4, 0.5) is 0 Å². The van der Waals surface area contributed by atoms with E-state index in [0.29, 0.717) is 44.8 Å². The van der Waals surface area contributed by atoms with E-state index in [2.05, 4.69) is 17.0 Å². The van der Waals surface area contributed by atoms with Crippen LogP contribution in [0, 0.1) is 5.92 Å². The molecule has 1 amide bonds. The predicted octanol–water partition coefficient (Wildman–Crippen LogP) is 1.82. The van der Waals surface area contributed by atoms with Crippen LogP contribution in [0.2, 0.25) is 0 Å². The Kier molecular flexibility index (Phi) is 6.66. The summed E-state index contributed by atoms with van der Waals surface area (Å²) in [4.78, 5) is 28.3. The average Bonchev–Trinajstić information content (AvgIpc) is 3.14. The first kappa shape index (κ1) is 22.5. The van der Waals surface area contributed by atoms with Crippen LogP contribution in [-0.2, 0) is 34.3 Å². The molecule has 0 saturated carbocycles. The van der Waals surface area contributed by atoms with E-state index in [0.717, 1.165) is 19.3 Å². The lowest BCUT2D eigenvalue weighted by molar-refractivity contribution is -0.129. The lowest BCUT2D eigenvalue weighted by atomic mass is 9.98. The third kappa shape index (κ3) is 5.77. The minimum Gasteiger partial charge on any atom is -0.486 e. The Balaban J connectivity index is 1.25. The van der Waals surface area contributed by atoms with Gasteiger partial charge in [0, 0.05) is 38.5 Å². The molecule has 2 aliphatic heterocycles. The van der Waals surface area contributed by atoms with E-state index in [1.807, 2.05) is 12.1 Å². The third-order valence-corrected chi connectivity index (χ3v) is 6.74. The van der Waals surface area contributed by atoms with Crippen molar-refractivity contribution in [2.75, 3.05) is 31.7 Å². The fourth-order valence-corrected chi connectivity index (χ4v) is 4.87. The number of sulfone groups is 1. The smallest absolute Gasteiger partial charge is 0.237 e. The summed E-state index contributed by atoms with van der Waals surface area (Å²) in [6.45, 7) is 3.58. The lowest BCUT2D eigenvalue weighted by Crippen LogP contribution is -2.42. The predicted molar refractivity (Wildman–Crippen MR) is 119 cm³/mol. The van der Waals surface area contributed by atoms with Crippen molar-refractivity contribution in [2.24, 2.45) is 5.92 Å². The summed E-state index contributed by atoms with van der Waals surface area (Å²) in [5, 5.41) is 0. The summed E-state index contributed by atoms with van der Waals surface area (Å²) < 4.78 is 34.0. The molecular formula is C23H28N2O6S. The second-order valence-corrected chi connectivity index (χ2v) is 10.8. The van der Waals surface area contributed by atoms with E-state index in [1.165, 1.54) is 23.5 Å². The number of likely N-dealkylation sites (tertiary alicyclic amines) is 1. The monoisotopic (exact) mass is 460 g/mol. The first-order valence-electron chi connectivity index (χ1n) is 10.8. The van der Waals surface area contributed by atoms with Crippen molar-refractivity contribution in [3.05, 3.63) is 63.7 Å². The quantitative estimate of drug-likeness (QED) is 0.622. The molecule has 9 heteroatoms. The van der Waals surface area contributed by atoms with Crippen molar-refractivity contribution in [1.29, 1.82) is 0 Å². The summed E-state index contributed by atoms with van der Waals surface area (Å²) in [7, 11) is -3.33. The first-order valence-corrected chi connectivity index (χ1v) is 12.8. The van der Waals surface area contributed by atoms with E-state index in [9.17, 15) is 18.0 Å². The van der Waals surface area contributed by atoms with Gasteiger partial charge in [-0.25, -0.2) is 8.42 Å². The van der Waals surface area contributed by atoms with Gasteiger partial charge in [-0.3, -0.25) is 14.5 Å². The van der Waals surface area contributed by atoms with Crippen LogP contribution < -0.4 is 10.2 Å². The standard InChI is InChI=1S/C23H28N2O6S/c1-32(28,29)16-23(27)25-8-6-17(7-9-25)14-31-22-15-30-20(10-21(22)26)13-24-11-18-4-2-3-5-19(18)12-24/h2-5,10,15,17H,6-9,11-14,16H2,1H3. The number of fused-ring (bicyclic) bond motifs is 1. The van der Waals surface area contributed by atoms with Gasteiger partial charge < -0.3 is 14.1 Å². The maximum absolute atomic E-state index is 12.5. The van der Waals surface area contributed by atoms with E-state index in [-0.39, 0.29) is 23.0 Å². The SMILES string of the molecule is CS(=O)(=O)CC(=O)N1CCC(COc2coc(CN3Cc4ccccc4C3)cc2=O)CC1. The van der Waals surface area contributed by atoms with E-state index in [1.54, 1.807) is 4.90 Å². The zero-order chi connectivity index (χ0) is 22.7. The van der Waals surface area contributed by atoms with Crippen molar-refractivity contribution in [2.45, 2.75) is 32.5 Å². The second kappa shape index (κ2) is 9.46. The number of piperidine rings is 1. The molecule has 1 aromatic heterocycles. The molecule has 1 saturated heterocycles. The number of carbonyl (C=O) groups is 1. The van der Waals surface area contributed by atoms with Gasteiger partial charge in [0.05, 0.1) is 13.2 Å². The van der Waals surface area contributed by atoms with Gasteiger partial charge in [0.25, 0.3) is 0 Å². The molecule has 0 spiro atoms. The average molecular weight is 461 g/mol. The number of benzene rings is 1. The van der Waals surface area contributed by atoms with Crippen molar-refractivity contribution in [1.82, 2.24) is 9.80 Å². The second-order valence-electron chi connectivity index (χ2n) is 8.69. The first-order chi connectivity index (χ1) is 15.3. The van der Waals surface area contributed by atoms with Gasteiger partial charge in [-0.1, -0.05) is 24.3 Å². The highest BCUT2D eigenvalue weighted by Crippen LogP contribution is 2.24. The molecule has 4 rings (SSSR count). The van der Waals surface area contributed by atoms with Crippen LogP contribution in [0.25, 0.3) is 0 Å². The summed E-state index contributed by atoms with van der Waals surface area (Å²) in [6.07, 6.45) is 3.85. The lowest BCUT2D eigenvalue weighted by Gasteiger charge is -2.31. The highest BCUT2D eigenvalue weighted by Gasteiger charge is 2.25. The number of hydrogen-bond acceptors (Lipinski definition) is 7. The summed E-state index contributed by atoms with van der Waals surface area (Å²) in [5.74, 6) is 0.177. The fraction of sp³-hybridized carbons (Fsp3) is 0.478. The van der Waals surface area contributed by atoms with Crippen molar-refractivity contribution in [3.63, 3.8) is 0 Å². The Bertz CT molecular complexity index is 1110. The molecule has 1 fully saturated rings. The van der Waals surface area contributed by atoms with E-state index < -0.39 is 15.6 Å². The Morgan fingerprint density at radius 3 is 2.41 bits per heavy atom. The fourth-order valence-electron chi connectivity index (χ4n) is 4.23. The van der Waals surface area contributed by atoms with Crippen LogP contribution in [0.3, 0.4) is 0 Å². The molecule has 0 unspecified atom stereocenters. The maximum atomic E-state index is 12.5. The number of carbonyl (C=O) groups excluding carboxylic acids is 1. The molecule has 8 nitrogen and oxygen atoms in total. The van der Waals surface area contributed by atoms with Crippen molar-refractivity contribution in [3.8, 4) is 5.75 Å². The Hall–Kier alpha value is -2.65. The minimum atomic E-state index is -3.33.